The fourth-order valence-corrected chi connectivity index (χ4v) is 2.83. The molecule has 134 valence electrons. The zero-order valence-electron chi connectivity index (χ0n) is 15.1. The van der Waals surface area contributed by atoms with E-state index in [9.17, 15) is 9.59 Å². The Bertz CT molecular complexity index is 540. The van der Waals surface area contributed by atoms with E-state index in [0.717, 1.165) is 12.8 Å². The summed E-state index contributed by atoms with van der Waals surface area (Å²) in [5.74, 6) is 0.0620. The van der Waals surface area contributed by atoms with Crippen molar-refractivity contribution in [1.29, 1.82) is 0 Å². The van der Waals surface area contributed by atoms with Gasteiger partial charge in [0, 0.05) is 44.0 Å². The van der Waals surface area contributed by atoms with E-state index in [1.54, 1.807) is 4.90 Å². The van der Waals surface area contributed by atoms with Gasteiger partial charge in [-0.3, -0.25) is 4.79 Å². The van der Waals surface area contributed by atoms with Crippen LogP contribution in [0.5, 0.6) is 0 Å². The summed E-state index contributed by atoms with van der Waals surface area (Å²) in [6.07, 6.45) is 5.66. The predicted octanol–water partition coefficient (Wildman–Crippen LogP) is 2.95. The molecule has 6 heteroatoms. The topological polar surface area (TPSA) is 63.6 Å². The molecule has 2 rings (SSSR count). The third kappa shape index (κ3) is 5.58. The van der Waals surface area contributed by atoms with E-state index in [1.165, 1.54) is 0 Å². The van der Waals surface area contributed by atoms with Gasteiger partial charge in [-0.2, -0.15) is 0 Å². The number of ether oxygens (including phenoxy) is 1. The Morgan fingerprint density at radius 2 is 1.79 bits per heavy atom. The Balaban J connectivity index is 1.72. The van der Waals surface area contributed by atoms with Gasteiger partial charge in [-0.05, 0) is 52.7 Å². The van der Waals surface area contributed by atoms with Gasteiger partial charge in [-0.1, -0.05) is 0 Å². The summed E-state index contributed by atoms with van der Waals surface area (Å²) in [4.78, 5) is 25.9. The lowest BCUT2D eigenvalue weighted by Gasteiger charge is -2.33. The average molecular weight is 335 g/mol. The van der Waals surface area contributed by atoms with Crippen molar-refractivity contribution in [2.24, 2.45) is 0 Å². The molecule has 1 aromatic rings. The highest BCUT2D eigenvalue weighted by Gasteiger charge is 2.27. The zero-order chi connectivity index (χ0) is 17.7. The highest BCUT2D eigenvalue weighted by molar-refractivity contribution is 5.76. The summed E-state index contributed by atoms with van der Waals surface area (Å²) in [6, 6.07) is 4.19. The van der Waals surface area contributed by atoms with Gasteiger partial charge in [0.2, 0.25) is 5.91 Å². The minimum absolute atomic E-state index is 0.0620. The first kappa shape index (κ1) is 18.4. The molecule has 0 radical (unpaired) electrons. The standard InChI is InChI=1S/C18H29N3O3/c1-14(20-9-5-6-10-20)13-16(22)19-15-7-11-21(12-8-15)17(23)24-18(2,3)4/h5-6,9-10,14-15H,7-8,11-13H2,1-4H3,(H,19,22)/t14-/m1/s1. The number of hydrogen-bond donors (Lipinski definition) is 1. The molecule has 24 heavy (non-hydrogen) atoms. The highest BCUT2D eigenvalue weighted by atomic mass is 16.6. The van der Waals surface area contributed by atoms with E-state index in [0.29, 0.717) is 19.5 Å². The molecule has 1 fully saturated rings. The second kappa shape index (κ2) is 7.73. The molecular weight excluding hydrogens is 306 g/mol. The molecule has 0 bridgehead atoms. The van der Waals surface area contributed by atoms with Gasteiger partial charge in [0.25, 0.3) is 0 Å². The number of rotatable bonds is 4. The number of likely N-dealkylation sites (tertiary alicyclic amines) is 1. The Kier molecular flexibility index (Phi) is 5.91. The highest BCUT2D eigenvalue weighted by Crippen LogP contribution is 2.16. The number of nitrogens with zero attached hydrogens (tertiary/aromatic N) is 2. The van der Waals surface area contributed by atoms with Crippen LogP contribution in [0, 0.1) is 0 Å². The first-order chi connectivity index (χ1) is 11.2. The van der Waals surface area contributed by atoms with Crippen molar-refractivity contribution in [3.05, 3.63) is 24.5 Å². The molecule has 0 aromatic carbocycles. The molecule has 1 aromatic heterocycles. The first-order valence-corrected chi connectivity index (χ1v) is 8.64. The molecule has 6 nitrogen and oxygen atoms in total. The second-order valence-corrected chi connectivity index (χ2v) is 7.49. The lowest BCUT2D eigenvalue weighted by atomic mass is 10.0. The van der Waals surface area contributed by atoms with Crippen LogP contribution in [0.15, 0.2) is 24.5 Å². The monoisotopic (exact) mass is 335 g/mol. The third-order valence-corrected chi connectivity index (χ3v) is 4.13. The van der Waals surface area contributed by atoms with Crippen molar-refractivity contribution in [3.63, 3.8) is 0 Å². The van der Waals surface area contributed by atoms with Crippen molar-refractivity contribution < 1.29 is 14.3 Å². The minimum atomic E-state index is -0.475. The Morgan fingerprint density at radius 1 is 1.21 bits per heavy atom. The van der Waals surface area contributed by atoms with Crippen molar-refractivity contribution in [2.45, 2.75) is 64.6 Å². The van der Waals surface area contributed by atoms with Gasteiger partial charge in [-0.15, -0.1) is 0 Å². The van der Waals surface area contributed by atoms with Crippen LogP contribution in [0.3, 0.4) is 0 Å². The molecule has 1 saturated heterocycles. The van der Waals surface area contributed by atoms with Gasteiger partial charge in [0.05, 0.1) is 0 Å². The molecule has 0 aliphatic carbocycles. The molecule has 1 aliphatic heterocycles. The number of carbonyl (C=O) groups is 2. The molecule has 1 N–H and O–H groups in total. The van der Waals surface area contributed by atoms with Gasteiger partial charge < -0.3 is 19.5 Å². The molecule has 2 heterocycles. The van der Waals surface area contributed by atoms with E-state index in [4.69, 9.17) is 4.74 Å². The number of nitrogens with one attached hydrogen (secondary N) is 1. The maximum absolute atomic E-state index is 12.2. The molecule has 0 spiro atoms. The average Bonchev–Trinajstić information content (AvgIpc) is 3.00. The summed E-state index contributed by atoms with van der Waals surface area (Å²) in [7, 11) is 0. The van der Waals surface area contributed by atoms with Crippen molar-refractivity contribution in [1.82, 2.24) is 14.8 Å². The molecule has 1 atom stereocenters. The van der Waals surface area contributed by atoms with Crippen LogP contribution >= 0.6 is 0 Å². The number of hydrogen-bond acceptors (Lipinski definition) is 3. The van der Waals surface area contributed by atoms with E-state index in [-0.39, 0.29) is 24.1 Å². The van der Waals surface area contributed by atoms with Gasteiger partial charge >= 0.3 is 6.09 Å². The van der Waals surface area contributed by atoms with Crippen LogP contribution in [0.1, 0.15) is 53.0 Å². The lowest BCUT2D eigenvalue weighted by Crippen LogP contribution is -2.48. The molecule has 0 unspecified atom stereocenters. The van der Waals surface area contributed by atoms with Crippen molar-refractivity contribution in [2.75, 3.05) is 13.1 Å². The second-order valence-electron chi connectivity index (χ2n) is 7.49. The van der Waals surface area contributed by atoms with E-state index >= 15 is 0 Å². The lowest BCUT2D eigenvalue weighted by molar-refractivity contribution is -0.122. The maximum Gasteiger partial charge on any atom is 0.410 e. The molecular formula is C18H29N3O3. The Morgan fingerprint density at radius 3 is 2.33 bits per heavy atom. The number of aromatic nitrogens is 1. The normalized spacial score (nSPS) is 17.4. The first-order valence-electron chi connectivity index (χ1n) is 8.64. The SMILES string of the molecule is C[C@H](CC(=O)NC1CCN(C(=O)OC(C)(C)C)CC1)n1cccc1. The number of amides is 2. The molecule has 2 amide bonds. The van der Waals surface area contributed by atoms with Crippen LogP contribution in [-0.2, 0) is 9.53 Å². The third-order valence-electron chi connectivity index (χ3n) is 4.13. The van der Waals surface area contributed by atoms with E-state index in [1.807, 2.05) is 56.8 Å². The van der Waals surface area contributed by atoms with Crippen molar-refractivity contribution in [3.8, 4) is 0 Å². The summed E-state index contributed by atoms with van der Waals surface area (Å²) >= 11 is 0. The fourth-order valence-electron chi connectivity index (χ4n) is 2.83. The number of piperidine rings is 1. The van der Waals surface area contributed by atoms with Crippen molar-refractivity contribution >= 4 is 12.0 Å². The summed E-state index contributed by atoms with van der Waals surface area (Å²) < 4.78 is 7.42. The maximum atomic E-state index is 12.2. The van der Waals surface area contributed by atoms with Crippen LogP contribution in [0.4, 0.5) is 4.79 Å². The van der Waals surface area contributed by atoms with Gasteiger partial charge in [-0.25, -0.2) is 4.79 Å². The summed E-state index contributed by atoms with van der Waals surface area (Å²) in [5.41, 5.74) is -0.475. The zero-order valence-corrected chi connectivity index (χ0v) is 15.1. The largest absolute Gasteiger partial charge is 0.444 e. The predicted molar refractivity (Wildman–Crippen MR) is 92.7 cm³/mol. The summed E-state index contributed by atoms with van der Waals surface area (Å²) in [6.45, 7) is 8.86. The van der Waals surface area contributed by atoms with Crippen LogP contribution in [0.25, 0.3) is 0 Å². The summed E-state index contributed by atoms with van der Waals surface area (Å²) in [5, 5.41) is 3.09. The molecule has 0 saturated carbocycles. The van der Waals surface area contributed by atoms with Gasteiger partial charge in [0.1, 0.15) is 5.60 Å². The Labute approximate surface area is 144 Å². The van der Waals surface area contributed by atoms with E-state index in [2.05, 4.69) is 5.32 Å². The fraction of sp³-hybridized carbons (Fsp3) is 0.667. The van der Waals surface area contributed by atoms with Crippen LogP contribution in [0.2, 0.25) is 0 Å². The number of carbonyl (C=O) groups excluding carboxylic acids is 2. The smallest absolute Gasteiger partial charge is 0.410 e. The quantitative estimate of drug-likeness (QED) is 0.920. The van der Waals surface area contributed by atoms with Gasteiger partial charge in [0.15, 0.2) is 0 Å². The van der Waals surface area contributed by atoms with E-state index < -0.39 is 5.60 Å². The molecule has 1 aliphatic rings. The Hall–Kier alpha value is -1.98. The van der Waals surface area contributed by atoms with Crippen LogP contribution in [-0.4, -0.2) is 46.2 Å². The van der Waals surface area contributed by atoms with Crippen LogP contribution < -0.4 is 5.32 Å². The minimum Gasteiger partial charge on any atom is -0.444 e.